The van der Waals surface area contributed by atoms with Gasteiger partial charge in [-0.25, -0.2) is 0 Å². The standard InChI is InChI=1S/C19H21N4.Ir/c1-12(2)18-21-22-19(23(18)16-9-7-6-8-10-16)17-11-13(3)14(4)20-15(17)5;/h6-10,12H,1-5H3;/q-1;. The van der Waals surface area contributed by atoms with E-state index in [0.717, 1.165) is 39.9 Å². The number of hydrogen-bond donors (Lipinski definition) is 0. The van der Waals surface area contributed by atoms with Gasteiger partial charge in [0, 0.05) is 31.7 Å². The first-order valence-corrected chi connectivity index (χ1v) is 7.87. The first-order chi connectivity index (χ1) is 11.0. The fourth-order valence-corrected chi connectivity index (χ4v) is 2.64. The molecular formula is C19H21IrN4-. The second-order valence-corrected chi connectivity index (χ2v) is 6.12. The maximum Gasteiger partial charge on any atom is 0.131 e. The largest absolute Gasteiger partial charge is 0.353 e. The van der Waals surface area contributed by atoms with Crippen LogP contribution in [0.3, 0.4) is 0 Å². The van der Waals surface area contributed by atoms with Gasteiger partial charge in [-0.3, -0.25) is 0 Å². The van der Waals surface area contributed by atoms with E-state index >= 15 is 0 Å². The Hall–Kier alpha value is -1.84. The van der Waals surface area contributed by atoms with Gasteiger partial charge in [-0.05, 0) is 23.5 Å². The molecule has 3 rings (SSSR count). The Balaban J connectivity index is 0.00000208. The molecule has 0 N–H and O–H groups in total. The molecule has 0 saturated heterocycles. The zero-order chi connectivity index (χ0) is 16.6. The van der Waals surface area contributed by atoms with Crippen LogP contribution in [0.2, 0.25) is 0 Å². The van der Waals surface area contributed by atoms with Gasteiger partial charge < -0.3 is 9.55 Å². The molecule has 1 aromatic carbocycles. The summed E-state index contributed by atoms with van der Waals surface area (Å²) in [5.41, 5.74) is 4.94. The summed E-state index contributed by atoms with van der Waals surface area (Å²) in [5, 5.41) is 8.88. The molecule has 4 nitrogen and oxygen atoms in total. The zero-order valence-electron chi connectivity index (χ0n) is 14.6. The monoisotopic (exact) mass is 498 g/mol. The molecule has 0 bridgehead atoms. The van der Waals surface area contributed by atoms with Crippen LogP contribution in [0.1, 0.15) is 42.5 Å². The zero-order valence-corrected chi connectivity index (χ0v) is 17.0. The maximum atomic E-state index is 4.63. The van der Waals surface area contributed by atoms with Gasteiger partial charge in [0.15, 0.2) is 0 Å². The third kappa shape index (κ3) is 3.33. The third-order valence-corrected chi connectivity index (χ3v) is 3.99. The van der Waals surface area contributed by atoms with Gasteiger partial charge in [0.25, 0.3) is 0 Å². The molecule has 0 unspecified atom stereocenters. The Morgan fingerprint density at radius 3 is 2.25 bits per heavy atom. The third-order valence-electron chi connectivity index (χ3n) is 3.99. The summed E-state index contributed by atoms with van der Waals surface area (Å²) in [6.45, 7) is 10.3. The van der Waals surface area contributed by atoms with Crippen molar-refractivity contribution < 1.29 is 20.1 Å². The van der Waals surface area contributed by atoms with Crippen molar-refractivity contribution in [3.8, 4) is 17.1 Å². The van der Waals surface area contributed by atoms with Crippen molar-refractivity contribution in [2.45, 2.75) is 40.5 Å². The van der Waals surface area contributed by atoms with Crippen molar-refractivity contribution in [3.63, 3.8) is 0 Å². The molecule has 0 atom stereocenters. The Bertz CT molecular complexity index is 838. The quantitative estimate of drug-likeness (QED) is 0.510. The van der Waals surface area contributed by atoms with Crippen molar-refractivity contribution in [1.82, 2.24) is 19.7 Å². The van der Waals surface area contributed by atoms with Gasteiger partial charge in [0.2, 0.25) is 0 Å². The Morgan fingerprint density at radius 2 is 1.62 bits per heavy atom. The molecule has 0 aliphatic heterocycles. The molecule has 2 heterocycles. The van der Waals surface area contributed by atoms with Crippen LogP contribution >= 0.6 is 0 Å². The molecule has 0 aliphatic carbocycles. The summed E-state index contributed by atoms with van der Waals surface area (Å²) in [4.78, 5) is 4.63. The van der Waals surface area contributed by atoms with Crippen molar-refractivity contribution >= 4 is 0 Å². The first kappa shape index (κ1) is 18.5. The second kappa shape index (κ2) is 7.37. The van der Waals surface area contributed by atoms with Gasteiger partial charge in [-0.2, -0.15) is 5.10 Å². The van der Waals surface area contributed by atoms with Crippen LogP contribution in [0.25, 0.3) is 17.1 Å². The average molecular weight is 498 g/mol. The van der Waals surface area contributed by atoms with Gasteiger partial charge >= 0.3 is 0 Å². The van der Waals surface area contributed by atoms with Crippen LogP contribution in [0.5, 0.6) is 0 Å². The smallest absolute Gasteiger partial charge is 0.131 e. The van der Waals surface area contributed by atoms with E-state index in [1.54, 1.807) is 0 Å². The molecule has 0 spiro atoms. The average Bonchev–Trinajstić information content (AvgIpc) is 2.96. The SMILES string of the molecule is Cc1[c-]c(-c2nnc(C(C)C)n2-c2ccccc2)c(C)nc1C.[Ir]. The minimum atomic E-state index is 0. The maximum absolute atomic E-state index is 4.63. The molecule has 0 amide bonds. The van der Waals surface area contributed by atoms with E-state index in [9.17, 15) is 0 Å². The number of para-hydroxylation sites is 1. The summed E-state index contributed by atoms with van der Waals surface area (Å²) >= 11 is 0. The predicted octanol–water partition coefficient (Wildman–Crippen LogP) is 4.18. The molecular weight excluding hydrogens is 476 g/mol. The van der Waals surface area contributed by atoms with Crippen LogP contribution in [0, 0.1) is 26.8 Å². The number of aromatic nitrogens is 4. The molecule has 5 heteroatoms. The van der Waals surface area contributed by atoms with Gasteiger partial charge in [0.1, 0.15) is 5.82 Å². The molecule has 3 aromatic rings. The van der Waals surface area contributed by atoms with Crippen LogP contribution < -0.4 is 0 Å². The minimum absolute atomic E-state index is 0. The van der Waals surface area contributed by atoms with Gasteiger partial charge in [-0.1, -0.05) is 58.4 Å². The number of rotatable bonds is 3. The topological polar surface area (TPSA) is 43.6 Å². The Morgan fingerprint density at radius 1 is 0.958 bits per heavy atom. The van der Waals surface area contributed by atoms with Crippen molar-refractivity contribution in [1.29, 1.82) is 0 Å². The number of benzene rings is 1. The van der Waals surface area contributed by atoms with E-state index in [1.165, 1.54) is 0 Å². The molecule has 1 radical (unpaired) electrons. The van der Waals surface area contributed by atoms with Crippen LogP contribution in [0.15, 0.2) is 30.3 Å². The van der Waals surface area contributed by atoms with Crippen LogP contribution in [0.4, 0.5) is 0 Å². The van der Waals surface area contributed by atoms with E-state index in [1.807, 2.05) is 39.0 Å². The molecule has 0 saturated carbocycles. The molecule has 2 aromatic heterocycles. The van der Waals surface area contributed by atoms with Crippen LogP contribution in [-0.2, 0) is 20.1 Å². The molecule has 127 valence electrons. The Labute approximate surface area is 156 Å². The summed E-state index contributed by atoms with van der Waals surface area (Å²) in [5.74, 6) is 2.02. The fraction of sp³-hybridized carbons (Fsp3) is 0.316. The second-order valence-electron chi connectivity index (χ2n) is 6.12. The van der Waals surface area contributed by atoms with E-state index in [4.69, 9.17) is 0 Å². The number of pyridine rings is 1. The van der Waals surface area contributed by atoms with E-state index in [0.29, 0.717) is 0 Å². The number of aryl methyl sites for hydroxylation is 3. The van der Waals surface area contributed by atoms with Crippen LogP contribution in [-0.4, -0.2) is 19.7 Å². The molecule has 0 fully saturated rings. The summed E-state index contributed by atoms with van der Waals surface area (Å²) in [6.07, 6.45) is 0. The van der Waals surface area contributed by atoms with Crippen molar-refractivity contribution in [3.05, 3.63) is 59.2 Å². The first-order valence-electron chi connectivity index (χ1n) is 7.87. The predicted molar refractivity (Wildman–Crippen MR) is 91.7 cm³/mol. The minimum Gasteiger partial charge on any atom is -0.353 e. The van der Waals surface area contributed by atoms with E-state index in [-0.39, 0.29) is 26.0 Å². The number of nitrogens with zero attached hydrogens (tertiary/aromatic N) is 4. The van der Waals surface area contributed by atoms with Crippen molar-refractivity contribution in [2.24, 2.45) is 0 Å². The van der Waals surface area contributed by atoms with Gasteiger partial charge in [0.05, 0.1) is 5.82 Å². The van der Waals surface area contributed by atoms with E-state index in [2.05, 4.69) is 51.8 Å². The summed E-state index contributed by atoms with van der Waals surface area (Å²) in [6, 6.07) is 13.6. The number of hydrogen-bond acceptors (Lipinski definition) is 3. The van der Waals surface area contributed by atoms with E-state index < -0.39 is 0 Å². The molecule has 0 aliphatic rings. The summed E-state index contributed by atoms with van der Waals surface area (Å²) in [7, 11) is 0. The summed E-state index contributed by atoms with van der Waals surface area (Å²) < 4.78 is 2.11. The molecule has 24 heavy (non-hydrogen) atoms. The normalized spacial score (nSPS) is 10.8. The van der Waals surface area contributed by atoms with Gasteiger partial charge in [-0.15, -0.1) is 16.7 Å². The van der Waals surface area contributed by atoms with Crippen molar-refractivity contribution in [2.75, 3.05) is 0 Å². The fourth-order valence-electron chi connectivity index (χ4n) is 2.64. The Kier molecular flexibility index (Phi) is 5.68.